The lowest BCUT2D eigenvalue weighted by atomic mass is 10.2. The summed E-state index contributed by atoms with van der Waals surface area (Å²) in [5, 5.41) is 2.60. The molecule has 0 aliphatic heterocycles. The fourth-order valence-corrected chi connectivity index (χ4v) is 2.06. The average molecular weight is 321 g/mol. The number of rotatable bonds is 5. The molecule has 0 fully saturated rings. The second-order valence-electron chi connectivity index (χ2n) is 5.02. The predicted molar refractivity (Wildman–Crippen MR) is 90.0 cm³/mol. The highest BCUT2D eigenvalue weighted by Crippen LogP contribution is 2.08. The Hall–Kier alpha value is -3.41. The van der Waals surface area contributed by atoms with E-state index in [-0.39, 0.29) is 23.5 Å². The van der Waals surface area contributed by atoms with Crippen LogP contribution in [0.5, 0.6) is 5.75 Å². The van der Waals surface area contributed by atoms with Gasteiger partial charge < -0.3 is 15.0 Å². The Morgan fingerprint density at radius 3 is 2.62 bits per heavy atom. The van der Waals surface area contributed by atoms with Crippen LogP contribution < -0.4 is 15.5 Å². The smallest absolute Gasteiger partial charge is 0.273 e. The first-order valence-corrected chi connectivity index (χ1v) is 7.34. The van der Waals surface area contributed by atoms with Crippen molar-refractivity contribution in [3.63, 3.8) is 0 Å². The van der Waals surface area contributed by atoms with Gasteiger partial charge in [0.1, 0.15) is 18.1 Å². The molecule has 0 spiro atoms. The molecule has 3 aromatic rings. The molecule has 24 heavy (non-hydrogen) atoms. The normalized spacial score (nSPS) is 10.2. The van der Waals surface area contributed by atoms with Gasteiger partial charge in [-0.1, -0.05) is 36.4 Å². The van der Waals surface area contributed by atoms with Crippen LogP contribution in [-0.2, 0) is 6.61 Å². The van der Waals surface area contributed by atoms with Crippen molar-refractivity contribution in [1.82, 2.24) is 9.97 Å². The van der Waals surface area contributed by atoms with Crippen molar-refractivity contribution in [2.75, 3.05) is 5.32 Å². The summed E-state index contributed by atoms with van der Waals surface area (Å²) < 4.78 is 5.49. The molecular weight excluding hydrogens is 306 g/mol. The molecule has 120 valence electrons. The summed E-state index contributed by atoms with van der Waals surface area (Å²) in [5.41, 5.74) is 0.724. The van der Waals surface area contributed by atoms with Crippen molar-refractivity contribution in [2.45, 2.75) is 6.61 Å². The Labute approximate surface area is 138 Å². The van der Waals surface area contributed by atoms with E-state index in [1.807, 2.05) is 30.3 Å². The number of nitrogens with zero attached hydrogens (tertiary/aromatic N) is 1. The third-order valence-electron chi connectivity index (χ3n) is 3.27. The first-order chi connectivity index (χ1) is 11.7. The molecule has 0 bridgehead atoms. The van der Waals surface area contributed by atoms with Crippen molar-refractivity contribution in [1.29, 1.82) is 0 Å². The molecule has 6 heteroatoms. The molecule has 1 aromatic carbocycles. The van der Waals surface area contributed by atoms with Crippen LogP contribution in [0.2, 0.25) is 0 Å². The van der Waals surface area contributed by atoms with Crippen LogP contribution in [0.15, 0.2) is 71.8 Å². The van der Waals surface area contributed by atoms with Gasteiger partial charge in [0.05, 0.1) is 0 Å². The quantitative estimate of drug-likeness (QED) is 0.756. The van der Waals surface area contributed by atoms with Crippen LogP contribution in [-0.4, -0.2) is 15.9 Å². The minimum absolute atomic E-state index is 0.137. The Bertz CT molecular complexity index is 877. The summed E-state index contributed by atoms with van der Waals surface area (Å²) in [4.78, 5) is 30.9. The number of anilines is 1. The van der Waals surface area contributed by atoms with E-state index in [0.717, 1.165) is 5.56 Å². The predicted octanol–water partition coefficient (Wildman–Crippen LogP) is 2.60. The highest BCUT2D eigenvalue weighted by atomic mass is 16.5. The van der Waals surface area contributed by atoms with E-state index in [4.69, 9.17) is 4.74 Å². The number of aromatic nitrogens is 2. The van der Waals surface area contributed by atoms with Gasteiger partial charge in [0, 0.05) is 18.5 Å². The zero-order valence-electron chi connectivity index (χ0n) is 12.7. The van der Waals surface area contributed by atoms with Gasteiger partial charge >= 0.3 is 0 Å². The van der Waals surface area contributed by atoms with Crippen LogP contribution in [0.25, 0.3) is 0 Å². The minimum Gasteiger partial charge on any atom is -0.483 e. The number of aromatic amines is 1. The van der Waals surface area contributed by atoms with Crippen LogP contribution >= 0.6 is 0 Å². The number of hydrogen-bond acceptors (Lipinski definition) is 4. The fourth-order valence-electron chi connectivity index (χ4n) is 2.06. The maximum Gasteiger partial charge on any atom is 0.273 e. The number of nitrogens with one attached hydrogen (secondary N) is 2. The second-order valence-corrected chi connectivity index (χ2v) is 5.02. The summed E-state index contributed by atoms with van der Waals surface area (Å²) in [6, 6.07) is 15.9. The average Bonchev–Trinajstić information content (AvgIpc) is 2.62. The Kier molecular flexibility index (Phi) is 4.67. The standard InChI is InChI=1S/C18H15N3O3/c22-15-10-14(18(23)21-17-8-4-5-9-19-17)20-11-16(15)24-12-13-6-2-1-3-7-13/h1-11H,12H2,(H,20,22)(H,19,21,23). The molecule has 0 saturated heterocycles. The molecule has 0 aliphatic rings. The lowest BCUT2D eigenvalue weighted by Gasteiger charge is -2.07. The van der Waals surface area contributed by atoms with E-state index in [1.54, 1.807) is 24.4 Å². The number of pyridine rings is 2. The van der Waals surface area contributed by atoms with Crippen molar-refractivity contribution < 1.29 is 9.53 Å². The maximum absolute atomic E-state index is 12.1. The highest BCUT2D eigenvalue weighted by Gasteiger charge is 2.10. The molecule has 2 aromatic heterocycles. The first kappa shape index (κ1) is 15.5. The number of hydrogen-bond donors (Lipinski definition) is 2. The van der Waals surface area contributed by atoms with E-state index in [9.17, 15) is 9.59 Å². The summed E-state index contributed by atoms with van der Waals surface area (Å²) in [6.07, 6.45) is 2.96. The molecule has 2 heterocycles. The number of benzene rings is 1. The van der Waals surface area contributed by atoms with Gasteiger partial charge in [-0.05, 0) is 17.7 Å². The second kappa shape index (κ2) is 7.23. The molecule has 0 radical (unpaired) electrons. The van der Waals surface area contributed by atoms with Gasteiger partial charge in [0.25, 0.3) is 5.91 Å². The summed E-state index contributed by atoms with van der Waals surface area (Å²) in [5.74, 6) is 0.126. The van der Waals surface area contributed by atoms with Crippen molar-refractivity contribution in [3.8, 4) is 5.75 Å². The molecule has 0 atom stereocenters. The maximum atomic E-state index is 12.1. The topological polar surface area (TPSA) is 84.1 Å². The third kappa shape index (κ3) is 3.86. The van der Waals surface area contributed by atoms with Gasteiger partial charge in [-0.15, -0.1) is 0 Å². The molecule has 2 N–H and O–H groups in total. The molecule has 0 aliphatic carbocycles. The molecule has 0 unspecified atom stereocenters. The molecule has 1 amide bonds. The molecule has 3 rings (SSSR count). The number of H-pyrrole nitrogens is 1. The van der Waals surface area contributed by atoms with E-state index in [0.29, 0.717) is 5.82 Å². The van der Waals surface area contributed by atoms with E-state index >= 15 is 0 Å². The number of carbonyl (C=O) groups is 1. The van der Waals surface area contributed by atoms with Crippen molar-refractivity contribution in [2.24, 2.45) is 0 Å². The summed E-state index contributed by atoms with van der Waals surface area (Å²) in [6.45, 7) is 0.281. The number of amides is 1. The number of carbonyl (C=O) groups excluding carboxylic acids is 1. The zero-order chi connectivity index (χ0) is 16.8. The molecule has 0 saturated carbocycles. The summed E-state index contributed by atoms with van der Waals surface area (Å²) >= 11 is 0. The largest absolute Gasteiger partial charge is 0.483 e. The van der Waals surface area contributed by atoms with Crippen molar-refractivity contribution in [3.05, 3.63) is 88.5 Å². The van der Waals surface area contributed by atoms with Gasteiger partial charge in [-0.3, -0.25) is 9.59 Å². The van der Waals surface area contributed by atoms with Crippen LogP contribution in [0.1, 0.15) is 16.1 Å². The lowest BCUT2D eigenvalue weighted by Crippen LogP contribution is -2.18. The fraction of sp³-hybridized carbons (Fsp3) is 0.0556. The highest BCUT2D eigenvalue weighted by molar-refractivity contribution is 6.02. The van der Waals surface area contributed by atoms with Gasteiger partial charge in [-0.2, -0.15) is 0 Å². The van der Waals surface area contributed by atoms with E-state index in [1.165, 1.54) is 12.3 Å². The monoisotopic (exact) mass is 321 g/mol. The van der Waals surface area contributed by atoms with Crippen molar-refractivity contribution >= 4 is 11.7 Å². The van der Waals surface area contributed by atoms with E-state index < -0.39 is 5.91 Å². The van der Waals surface area contributed by atoms with Gasteiger partial charge in [-0.25, -0.2) is 4.98 Å². The Morgan fingerprint density at radius 1 is 1.12 bits per heavy atom. The van der Waals surface area contributed by atoms with Gasteiger partial charge in [0.15, 0.2) is 5.75 Å². The third-order valence-corrected chi connectivity index (χ3v) is 3.27. The molecule has 6 nitrogen and oxygen atoms in total. The first-order valence-electron chi connectivity index (χ1n) is 7.34. The zero-order valence-corrected chi connectivity index (χ0v) is 12.7. The minimum atomic E-state index is -0.444. The molecular formula is C18H15N3O3. The SMILES string of the molecule is O=C(Nc1ccccn1)c1cc(=O)c(OCc2ccccc2)c[nH]1. The van der Waals surface area contributed by atoms with E-state index in [2.05, 4.69) is 15.3 Å². The Morgan fingerprint density at radius 2 is 1.92 bits per heavy atom. The van der Waals surface area contributed by atoms with Crippen LogP contribution in [0.4, 0.5) is 5.82 Å². The van der Waals surface area contributed by atoms with Gasteiger partial charge in [0.2, 0.25) is 5.43 Å². The van der Waals surface area contributed by atoms with Crippen LogP contribution in [0.3, 0.4) is 0 Å². The lowest BCUT2D eigenvalue weighted by molar-refractivity contribution is 0.102. The van der Waals surface area contributed by atoms with Crippen LogP contribution in [0, 0.1) is 0 Å². The summed E-state index contributed by atoms with van der Waals surface area (Å²) in [7, 11) is 0. The Balaban J connectivity index is 1.68. The number of ether oxygens (including phenoxy) is 1.